The van der Waals surface area contributed by atoms with Gasteiger partial charge >= 0.3 is 0 Å². The molecule has 0 bridgehead atoms. The van der Waals surface area contributed by atoms with Crippen LogP contribution in [0.5, 0.6) is 5.75 Å². The van der Waals surface area contributed by atoms with Gasteiger partial charge in [0.25, 0.3) is 0 Å². The van der Waals surface area contributed by atoms with Gasteiger partial charge in [0.2, 0.25) is 0 Å². The van der Waals surface area contributed by atoms with Crippen LogP contribution in [0.15, 0.2) is 22.7 Å². The highest BCUT2D eigenvalue weighted by atomic mass is 79.9. The van der Waals surface area contributed by atoms with Crippen LogP contribution < -0.4 is 0 Å². The van der Waals surface area contributed by atoms with Crippen molar-refractivity contribution < 1.29 is 5.11 Å². The molecular formula is C12H12BrNO. The monoisotopic (exact) mass is 265 g/mol. The molecule has 0 radical (unpaired) electrons. The summed E-state index contributed by atoms with van der Waals surface area (Å²) in [6.07, 6.45) is 3.83. The van der Waals surface area contributed by atoms with Crippen molar-refractivity contribution in [3.63, 3.8) is 0 Å². The molecule has 0 saturated heterocycles. The molecule has 2 nitrogen and oxygen atoms in total. The Morgan fingerprint density at radius 1 is 1.33 bits per heavy atom. The Morgan fingerprint density at radius 2 is 2.13 bits per heavy atom. The Bertz CT molecular complexity index is 514. The van der Waals surface area contributed by atoms with Gasteiger partial charge in [0.05, 0.1) is 15.4 Å². The van der Waals surface area contributed by atoms with Crippen LogP contribution in [-0.4, -0.2) is 10.1 Å². The van der Waals surface area contributed by atoms with E-state index in [-0.39, 0.29) is 0 Å². The van der Waals surface area contributed by atoms with E-state index >= 15 is 0 Å². The van der Waals surface area contributed by atoms with Gasteiger partial charge in [-0.05, 0) is 40.9 Å². The molecule has 1 aromatic heterocycles. The molecule has 15 heavy (non-hydrogen) atoms. The maximum absolute atomic E-state index is 9.79. The number of rotatable bonds is 1. The lowest BCUT2D eigenvalue weighted by molar-refractivity contribution is 0.412. The Kier molecular flexibility index (Phi) is 2.02. The molecule has 1 aliphatic rings. The molecule has 1 aliphatic carbocycles. The largest absolute Gasteiger partial charge is 0.507 e. The van der Waals surface area contributed by atoms with Gasteiger partial charge < -0.3 is 10.1 Å². The molecule has 0 unspecified atom stereocenters. The zero-order chi connectivity index (χ0) is 10.4. The van der Waals surface area contributed by atoms with Crippen molar-refractivity contribution in [2.45, 2.75) is 25.2 Å². The van der Waals surface area contributed by atoms with Crippen LogP contribution in [0.2, 0.25) is 0 Å². The van der Waals surface area contributed by atoms with E-state index in [0.717, 1.165) is 15.4 Å². The van der Waals surface area contributed by atoms with Crippen LogP contribution in [0.4, 0.5) is 0 Å². The number of aromatic nitrogens is 1. The van der Waals surface area contributed by atoms with E-state index in [2.05, 4.69) is 20.9 Å². The highest BCUT2D eigenvalue weighted by molar-refractivity contribution is 9.10. The van der Waals surface area contributed by atoms with E-state index < -0.39 is 0 Å². The third kappa shape index (κ3) is 1.29. The summed E-state index contributed by atoms with van der Waals surface area (Å²) in [5, 5.41) is 10.7. The van der Waals surface area contributed by atoms with Crippen molar-refractivity contribution in [1.82, 2.24) is 4.98 Å². The average Bonchev–Trinajstić information content (AvgIpc) is 2.43. The molecule has 2 aromatic rings. The molecule has 2 N–H and O–H groups in total. The van der Waals surface area contributed by atoms with Gasteiger partial charge in [-0.2, -0.15) is 0 Å². The van der Waals surface area contributed by atoms with E-state index in [1.54, 1.807) is 6.07 Å². The Hall–Kier alpha value is -0.960. The number of benzene rings is 1. The first-order chi connectivity index (χ1) is 7.27. The van der Waals surface area contributed by atoms with Gasteiger partial charge in [-0.1, -0.05) is 12.5 Å². The lowest BCUT2D eigenvalue weighted by atomic mass is 9.83. The molecule has 0 atom stereocenters. The molecule has 1 fully saturated rings. The van der Waals surface area contributed by atoms with E-state index in [0.29, 0.717) is 11.7 Å². The van der Waals surface area contributed by atoms with E-state index in [9.17, 15) is 5.11 Å². The summed E-state index contributed by atoms with van der Waals surface area (Å²) in [5.41, 5.74) is 2.27. The predicted octanol–water partition coefficient (Wildman–Crippen LogP) is 3.90. The second-order valence-corrected chi connectivity index (χ2v) is 4.97. The fraction of sp³-hybridized carbons (Fsp3) is 0.333. The van der Waals surface area contributed by atoms with Crippen molar-refractivity contribution in [1.29, 1.82) is 0 Å². The molecule has 78 valence electrons. The molecule has 1 aromatic carbocycles. The van der Waals surface area contributed by atoms with E-state index in [1.807, 2.05) is 12.1 Å². The summed E-state index contributed by atoms with van der Waals surface area (Å²) < 4.78 is 1.04. The molecule has 3 heteroatoms. The normalized spacial score (nSPS) is 16.9. The summed E-state index contributed by atoms with van der Waals surface area (Å²) in [4.78, 5) is 3.40. The van der Waals surface area contributed by atoms with Crippen molar-refractivity contribution in [3.8, 4) is 5.75 Å². The maximum Gasteiger partial charge on any atom is 0.126 e. The first-order valence-corrected chi connectivity index (χ1v) is 6.05. The first kappa shape index (κ1) is 9.28. The van der Waals surface area contributed by atoms with Crippen LogP contribution in [0.1, 0.15) is 30.9 Å². The third-order valence-electron chi connectivity index (χ3n) is 3.28. The minimum absolute atomic E-state index is 0.348. The predicted molar refractivity (Wildman–Crippen MR) is 64.3 cm³/mol. The van der Waals surface area contributed by atoms with Crippen molar-refractivity contribution >= 4 is 26.8 Å². The van der Waals surface area contributed by atoms with Crippen LogP contribution >= 0.6 is 15.9 Å². The molecule has 0 spiro atoms. The van der Waals surface area contributed by atoms with Crippen LogP contribution in [0.3, 0.4) is 0 Å². The van der Waals surface area contributed by atoms with Gasteiger partial charge in [-0.15, -0.1) is 0 Å². The molecule has 1 saturated carbocycles. The minimum Gasteiger partial charge on any atom is -0.507 e. The molecular weight excluding hydrogens is 254 g/mol. The number of nitrogens with one attached hydrogen (secondary N) is 1. The van der Waals surface area contributed by atoms with Gasteiger partial charge in [-0.3, -0.25) is 0 Å². The summed E-state index contributed by atoms with van der Waals surface area (Å²) in [5.74, 6) is 0.993. The van der Waals surface area contributed by atoms with Crippen molar-refractivity contribution in [2.24, 2.45) is 0 Å². The Morgan fingerprint density at radius 3 is 2.73 bits per heavy atom. The zero-order valence-electron chi connectivity index (χ0n) is 8.26. The number of halogens is 1. The van der Waals surface area contributed by atoms with Crippen molar-refractivity contribution in [3.05, 3.63) is 28.4 Å². The van der Waals surface area contributed by atoms with Gasteiger partial charge in [0.1, 0.15) is 5.75 Å². The lowest BCUT2D eigenvalue weighted by Gasteiger charge is -2.24. The molecule has 0 aliphatic heterocycles. The van der Waals surface area contributed by atoms with Gasteiger partial charge in [-0.25, -0.2) is 0 Å². The van der Waals surface area contributed by atoms with E-state index in [4.69, 9.17) is 0 Å². The lowest BCUT2D eigenvalue weighted by Crippen LogP contribution is -2.09. The zero-order valence-corrected chi connectivity index (χ0v) is 9.84. The molecule has 3 rings (SSSR count). The standard InChI is InChI=1S/C12H12BrNO/c13-11-10-8(5-2-6-9(10)15)14-12(11)7-3-1-4-7/h2,5-7,14-15H,1,3-4H2. The summed E-state index contributed by atoms with van der Waals surface area (Å²) in [7, 11) is 0. The summed E-state index contributed by atoms with van der Waals surface area (Å²) in [6.45, 7) is 0. The second-order valence-electron chi connectivity index (χ2n) is 4.18. The number of hydrogen-bond donors (Lipinski definition) is 2. The van der Waals surface area contributed by atoms with Crippen molar-refractivity contribution in [2.75, 3.05) is 0 Å². The van der Waals surface area contributed by atoms with Gasteiger partial charge in [0, 0.05) is 11.6 Å². The SMILES string of the molecule is Oc1cccc2[nH]c(C3CCC3)c(Br)c12. The highest BCUT2D eigenvalue weighted by Gasteiger charge is 2.25. The number of aromatic hydroxyl groups is 1. The maximum atomic E-state index is 9.79. The van der Waals surface area contributed by atoms with E-state index in [1.165, 1.54) is 25.0 Å². The number of aromatic amines is 1. The molecule has 0 amide bonds. The van der Waals surface area contributed by atoms with Gasteiger partial charge in [0.15, 0.2) is 0 Å². The fourth-order valence-electron chi connectivity index (χ4n) is 2.19. The minimum atomic E-state index is 0.348. The fourth-order valence-corrected chi connectivity index (χ4v) is 3.03. The molecule has 1 heterocycles. The number of hydrogen-bond acceptors (Lipinski definition) is 1. The third-order valence-corrected chi connectivity index (χ3v) is 4.10. The van der Waals surface area contributed by atoms with Crippen LogP contribution in [0, 0.1) is 0 Å². The van der Waals surface area contributed by atoms with Crippen LogP contribution in [-0.2, 0) is 0 Å². The van der Waals surface area contributed by atoms with Crippen LogP contribution in [0.25, 0.3) is 10.9 Å². The number of phenolic OH excluding ortho intramolecular Hbond substituents is 1. The smallest absolute Gasteiger partial charge is 0.126 e. The first-order valence-electron chi connectivity index (χ1n) is 5.26. The average molecular weight is 266 g/mol. The quantitative estimate of drug-likeness (QED) is 0.806. The number of phenols is 1. The summed E-state index contributed by atoms with van der Waals surface area (Å²) in [6, 6.07) is 5.60. The Labute approximate surface area is 96.4 Å². The topological polar surface area (TPSA) is 36.0 Å². The second kappa shape index (κ2) is 3.27. The Balaban J connectivity index is 2.24. The number of H-pyrrole nitrogens is 1. The highest BCUT2D eigenvalue weighted by Crippen LogP contribution is 2.43. The summed E-state index contributed by atoms with van der Waals surface area (Å²) >= 11 is 3.59. The number of fused-ring (bicyclic) bond motifs is 1.